The predicted octanol–water partition coefficient (Wildman–Crippen LogP) is 1.41. The van der Waals surface area contributed by atoms with E-state index in [1.807, 2.05) is 0 Å². The van der Waals surface area contributed by atoms with Crippen LogP contribution in [0.5, 0.6) is 0 Å². The highest BCUT2D eigenvalue weighted by Crippen LogP contribution is 2.25. The van der Waals surface area contributed by atoms with Crippen molar-refractivity contribution in [1.82, 2.24) is 15.5 Å². The lowest BCUT2D eigenvalue weighted by molar-refractivity contribution is 0.191. The van der Waals surface area contributed by atoms with Crippen LogP contribution in [0.4, 0.5) is 8.78 Å². The van der Waals surface area contributed by atoms with Crippen molar-refractivity contribution in [2.45, 2.75) is 18.6 Å². The van der Waals surface area contributed by atoms with E-state index in [0.717, 1.165) is 18.2 Å². The van der Waals surface area contributed by atoms with E-state index in [2.05, 4.69) is 15.5 Å². The van der Waals surface area contributed by atoms with Gasteiger partial charge in [0.05, 0.1) is 12.1 Å². The van der Waals surface area contributed by atoms with E-state index in [1.54, 1.807) is 0 Å². The zero-order valence-corrected chi connectivity index (χ0v) is 9.81. The molecule has 100 valence electrons. The van der Waals surface area contributed by atoms with Crippen LogP contribution in [-0.2, 0) is 0 Å². The van der Waals surface area contributed by atoms with Gasteiger partial charge in [-0.15, -0.1) is 0 Å². The standard InChI is InChI=1S/C12H11F2N3O2/c13-7-1-6(2-8(14)3-7)11-16-12(19-17-11)10-4-9(18)5-15-10/h1-3,9-10,15,18H,4-5H2/t9-,10-/m1/s1. The molecule has 0 unspecified atom stereocenters. The molecule has 0 radical (unpaired) electrons. The summed E-state index contributed by atoms with van der Waals surface area (Å²) in [6.45, 7) is 0.455. The van der Waals surface area contributed by atoms with Crippen LogP contribution in [0.2, 0.25) is 0 Å². The zero-order valence-electron chi connectivity index (χ0n) is 9.81. The Morgan fingerprint density at radius 3 is 2.63 bits per heavy atom. The average Bonchev–Trinajstić information content (AvgIpc) is 2.95. The molecule has 7 heteroatoms. The van der Waals surface area contributed by atoms with Crippen molar-refractivity contribution in [2.75, 3.05) is 6.54 Å². The molecule has 1 aliphatic rings. The summed E-state index contributed by atoms with van der Waals surface area (Å²) >= 11 is 0. The SMILES string of the molecule is O[C@H]1CN[C@@H](c2nc(-c3cc(F)cc(F)c3)no2)C1. The van der Waals surface area contributed by atoms with Crippen molar-refractivity contribution >= 4 is 0 Å². The third kappa shape index (κ3) is 2.47. The molecule has 1 aromatic heterocycles. The van der Waals surface area contributed by atoms with Gasteiger partial charge in [0.15, 0.2) is 0 Å². The van der Waals surface area contributed by atoms with Crippen LogP contribution in [0, 0.1) is 11.6 Å². The second-order valence-electron chi connectivity index (χ2n) is 4.46. The highest BCUT2D eigenvalue weighted by molar-refractivity contribution is 5.54. The van der Waals surface area contributed by atoms with Crippen molar-refractivity contribution in [3.05, 3.63) is 35.7 Å². The number of benzene rings is 1. The van der Waals surface area contributed by atoms with Crippen LogP contribution in [0.15, 0.2) is 22.7 Å². The van der Waals surface area contributed by atoms with E-state index in [4.69, 9.17) is 4.52 Å². The number of nitrogens with one attached hydrogen (secondary N) is 1. The van der Waals surface area contributed by atoms with Gasteiger partial charge in [-0.05, 0) is 18.6 Å². The maximum absolute atomic E-state index is 13.1. The van der Waals surface area contributed by atoms with E-state index >= 15 is 0 Å². The smallest absolute Gasteiger partial charge is 0.244 e. The highest BCUT2D eigenvalue weighted by atomic mass is 19.1. The molecule has 0 saturated carbocycles. The van der Waals surface area contributed by atoms with Crippen LogP contribution in [0.25, 0.3) is 11.4 Å². The first kappa shape index (κ1) is 12.2. The first-order chi connectivity index (χ1) is 9.11. The number of aromatic nitrogens is 2. The van der Waals surface area contributed by atoms with E-state index in [9.17, 15) is 13.9 Å². The first-order valence-electron chi connectivity index (χ1n) is 5.83. The average molecular weight is 267 g/mol. The fourth-order valence-corrected chi connectivity index (χ4v) is 2.08. The minimum absolute atomic E-state index is 0.122. The van der Waals surface area contributed by atoms with Gasteiger partial charge in [-0.3, -0.25) is 0 Å². The van der Waals surface area contributed by atoms with Crippen LogP contribution in [0.1, 0.15) is 18.4 Å². The lowest BCUT2D eigenvalue weighted by atomic mass is 10.2. The van der Waals surface area contributed by atoms with Gasteiger partial charge in [-0.25, -0.2) is 8.78 Å². The third-order valence-electron chi connectivity index (χ3n) is 2.97. The predicted molar refractivity (Wildman–Crippen MR) is 61.0 cm³/mol. The quantitative estimate of drug-likeness (QED) is 0.860. The number of aliphatic hydroxyl groups is 1. The molecule has 19 heavy (non-hydrogen) atoms. The van der Waals surface area contributed by atoms with Crippen molar-refractivity contribution in [3.63, 3.8) is 0 Å². The molecule has 2 atom stereocenters. The molecule has 5 nitrogen and oxygen atoms in total. The van der Waals surface area contributed by atoms with E-state index in [0.29, 0.717) is 18.9 Å². The lowest BCUT2D eigenvalue weighted by Gasteiger charge is -2.01. The summed E-state index contributed by atoms with van der Waals surface area (Å²) in [5.41, 5.74) is 0.214. The minimum atomic E-state index is -0.698. The van der Waals surface area contributed by atoms with Gasteiger partial charge in [0.1, 0.15) is 11.6 Å². The Hall–Kier alpha value is -1.86. The lowest BCUT2D eigenvalue weighted by Crippen LogP contribution is -2.15. The Bertz CT molecular complexity index is 582. The van der Waals surface area contributed by atoms with Gasteiger partial charge in [0.2, 0.25) is 11.7 Å². The number of hydrogen-bond donors (Lipinski definition) is 2. The Kier molecular flexibility index (Phi) is 3.00. The summed E-state index contributed by atoms with van der Waals surface area (Å²) in [6.07, 6.45) is 0.0195. The number of β-amino-alcohol motifs (C(OH)–C–C–N with tert-alkyl or cyclic N) is 1. The van der Waals surface area contributed by atoms with Gasteiger partial charge >= 0.3 is 0 Å². The highest BCUT2D eigenvalue weighted by Gasteiger charge is 2.28. The van der Waals surface area contributed by atoms with E-state index in [-0.39, 0.29) is 17.4 Å². The largest absolute Gasteiger partial charge is 0.392 e. The first-order valence-corrected chi connectivity index (χ1v) is 5.83. The van der Waals surface area contributed by atoms with Gasteiger partial charge < -0.3 is 14.9 Å². The fourth-order valence-electron chi connectivity index (χ4n) is 2.08. The number of halogens is 2. The summed E-state index contributed by atoms with van der Waals surface area (Å²) in [5, 5.41) is 16.1. The number of hydrogen-bond acceptors (Lipinski definition) is 5. The van der Waals surface area contributed by atoms with Crippen LogP contribution in [0.3, 0.4) is 0 Å². The van der Waals surface area contributed by atoms with Gasteiger partial charge in [-0.1, -0.05) is 5.16 Å². The molecular formula is C12H11F2N3O2. The van der Waals surface area contributed by atoms with Crippen LogP contribution >= 0.6 is 0 Å². The monoisotopic (exact) mass is 267 g/mol. The number of nitrogens with zero attached hydrogens (tertiary/aromatic N) is 2. The third-order valence-corrected chi connectivity index (χ3v) is 2.97. The van der Waals surface area contributed by atoms with Crippen LogP contribution < -0.4 is 5.32 Å². The van der Waals surface area contributed by atoms with Crippen molar-refractivity contribution < 1.29 is 18.4 Å². The van der Waals surface area contributed by atoms with Crippen molar-refractivity contribution in [3.8, 4) is 11.4 Å². The molecule has 1 saturated heterocycles. The van der Waals surface area contributed by atoms with E-state index < -0.39 is 17.7 Å². The van der Waals surface area contributed by atoms with Crippen molar-refractivity contribution in [2.24, 2.45) is 0 Å². The second-order valence-corrected chi connectivity index (χ2v) is 4.46. The van der Waals surface area contributed by atoms with Crippen molar-refractivity contribution in [1.29, 1.82) is 0 Å². The summed E-state index contributed by atoms with van der Waals surface area (Å²) in [5.74, 6) is -0.973. The zero-order chi connectivity index (χ0) is 13.4. The molecule has 2 N–H and O–H groups in total. The molecule has 1 aromatic carbocycles. The topological polar surface area (TPSA) is 71.2 Å². The molecule has 0 bridgehead atoms. The Balaban J connectivity index is 1.88. The molecule has 1 aliphatic heterocycles. The molecule has 3 rings (SSSR count). The molecule has 0 amide bonds. The second kappa shape index (κ2) is 4.67. The maximum atomic E-state index is 13.1. The number of aliphatic hydroxyl groups excluding tert-OH is 1. The molecule has 0 spiro atoms. The van der Waals surface area contributed by atoms with Gasteiger partial charge in [0, 0.05) is 18.2 Å². The number of rotatable bonds is 2. The van der Waals surface area contributed by atoms with E-state index in [1.165, 1.54) is 0 Å². The Labute approximate surface area is 107 Å². The normalized spacial score (nSPS) is 22.9. The van der Waals surface area contributed by atoms with Crippen LogP contribution in [-0.4, -0.2) is 27.9 Å². The summed E-state index contributed by atoms with van der Waals surface area (Å²) in [6, 6.07) is 2.82. The summed E-state index contributed by atoms with van der Waals surface area (Å²) in [4.78, 5) is 4.09. The molecular weight excluding hydrogens is 256 g/mol. The molecule has 1 fully saturated rings. The van der Waals surface area contributed by atoms with Gasteiger partial charge in [0.25, 0.3) is 0 Å². The molecule has 0 aliphatic carbocycles. The Morgan fingerprint density at radius 1 is 1.26 bits per heavy atom. The maximum Gasteiger partial charge on any atom is 0.244 e. The summed E-state index contributed by atoms with van der Waals surface area (Å²) in [7, 11) is 0. The minimum Gasteiger partial charge on any atom is -0.392 e. The molecule has 2 heterocycles. The van der Waals surface area contributed by atoms with Gasteiger partial charge in [-0.2, -0.15) is 4.98 Å². The fraction of sp³-hybridized carbons (Fsp3) is 0.333. The molecule has 2 aromatic rings. The summed E-state index contributed by atoms with van der Waals surface area (Å²) < 4.78 is 31.3. The Morgan fingerprint density at radius 2 is 2.00 bits per heavy atom.